The average molecular weight is 506 g/mol. The van der Waals surface area contributed by atoms with Crippen LogP contribution in [-0.4, -0.2) is 61.6 Å². The van der Waals surface area contributed by atoms with Crippen molar-refractivity contribution < 1.29 is 8.78 Å². The van der Waals surface area contributed by atoms with E-state index in [2.05, 4.69) is 27.0 Å². The van der Waals surface area contributed by atoms with Gasteiger partial charge in [-0.05, 0) is 63.2 Å². The Balaban J connectivity index is 0.00000280. The van der Waals surface area contributed by atoms with Gasteiger partial charge in [0.05, 0.1) is 0 Å². The van der Waals surface area contributed by atoms with Crippen molar-refractivity contribution >= 4 is 29.9 Å². The number of hydrogen-bond acceptors (Lipinski definition) is 2. The number of likely N-dealkylation sites (tertiary alicyclic amines) is 2. The van der Waals surface area contributed by atoms with Gasteiger partial charge in [0.15, 0.2) is 17.6 Å². The molecule has 4 nitrogen and oxygen atoms in total. The summed E-state index contributed by atoms with van der Waals surface area (Å²) < 4.78 is 27.1. The summed E-state index contributed by atoms with van der Waals surface area (Å²) in [7, 11) is 0. The molecular formula is C21H33F2IN4. The van der Waals surface area contributed by atoms with Crippen molar-refractivity contribution in [2.75, 3.05) is 45.8 Å². The molecule has 0 saturated carbocycles. The molecule has 0 spiro atoms. The van der Waals surface area contributed by atoms with Crippen molar-refractivity contribution in [1.29, 1.82) is 0 Å². The number of nitrogens with one attached hydrogen (secondary N) is 1. The second-order valence-corrected chi connectivity index (χ2v) is 7.66. The van der Waals surface area contributed by atoms with Gasteiger partial charge in [0.25, 0.3) is 0 Å². The van der Waals surface area contributed by atoms with E-state index in [0.717, 1.165) is 31.7 Å². The first kappa shape index (κ1) is 23.3. The van der Waals surface area contributed by atoms with Crippen molar-refractivity contribution in [3.63, 3.8) is 0 Å². The Labute approximate surface area is 184 Å². The van der Waals surface area contributed by atoms with Gasteiger partial charge in [-0.1, -0.05) is 18.6 Å². The molecule has 0 bridgehead atoms. The van der Waals surface area contributed by atoms with E-state index in [1.54, 1.807) is 12.1 Å². The second kappa shape index (κ2) is 11.9. The van der Waals surface area contributed by atoms with Gasteiger partial charge >= 0.3 is 0 Å². The summed E-state index contributed by atoms with van der Waals surface area (Å²) in [6.07, 6.45) is 5.63. The molecule has 0 aliphatic carbocycles. The highest BCUT2D eigenvalue weighted by Gasteiger charge is 2.26. The highest BCUT2D eigenvalue weighted by Crippen LogP contribution is 2.20. The molecule has 28 heavy (non-hydrogen) atoms. The number of piperidine rings is 1. The molecular weight excluding hydrogens is 473 g/mol. The first-order valence-electron chi connectivity index (χ1n) is 10.4. The molecule has 1 atom stereocenters. The topological polar surface area (TPSA) is 30.9 Å². The Morgan fingerprint density at radius 2 is 1.96 bits per heavy atom. The molecule has 2 aliphatic rings. The summed E-state index contributed by atoms with van der Waals surface area (Å²) in [5.41, 5.74) is 0.388. The van der Waals surface area contributed by atoms with Gasteiger partial charge in [-0.25, -0.2) is 8.78 Å². The molecule has 2 saturated heterocycles. The van der Waals surface area contributed by atoms with Crippen LogP contribution in [0.1, 0.15) is 38.2 Å². The van der Waals surface area contributed by atoms with Gasteiger partial charge in [0.1, 0.15) is 0 Å². The number of nitrogens with zero attached hydrogens (tertiary/aromatic N) is 3. The fourth-order valence-electron chi connectivity index (χ4n) is 4.13. The molecule has 3 rings (SSSR count). The lowest BCUT2D eigenvalue weighted by Gasteiger charge is -2.29. The molecule has 1 N–H and O–H groups in total. The van der Waals surface area contributed by atoms with E-state index in [1.165, 1.54) is 45.3 Å². The van der Waals surface area contributed by atoms with Gasteiger partial charge in [-0.3, -0.25) is 4.99 Å². The average Bonchev–Trinajstić information content (AvgIpc) is 3.13. The standard InChI is InChI=1S/C21H32F2N4.HI/c1-2-24-21(25-11-9-18-7-6-8-19(22)20(18)23)27-14-10-17(16-27)15-26-12-4-3-5-13-26;/h6-8,17H,2-5,9-16H2,1H3,(H,24,25);1H. The predicted molar refractivity (Wildman–Crippen MR) is 121 cm³/mol. The summed E-state index contributed by atoms with van der Waals surface area (Å²) in [5.74, 6) is 0.0482. The molecule has 1 aromatic rings. The Morgan fingerprint density at radius 3 is 2.71 bits per heavy atom. The van der Waals surface area contributed by atoms with Crippen LogP contribution >= 0.6 is 24.0 Å². The summed E-state index contributed by atoms with van der Waals surface area (Å²) in [6.45, 7) is 9.02. The van der Waals surface area contributed by atoms with Crippen LogP contribution in [0.2, 0.25) is 0 Å². The summed E-state index contributed by atoms with van der Waals surface area (Å²) in [4.78, 5) is 9.60. The summed E-state index contributed by atoms with van der Waals surface area (Å²) >= 11 is 0. The van der Waals surface area contributed by atoms with E-state index in [0.29, 0.717) is 24.4 Å². The third kappa shape index (κ3) is 6.54. The highest BCUT2D eigenvalue weighted by atomic mass is 127. The third-order valence-corrected chi connectivity index (χ3v) is 5.56. The fourth-order valence-corrected chi connectivity index (χ4v) is 4.13. The second-order valence-electron chi connectivity index (χ2n) is 7.66. The Morgan fingerprint density at radius 1 is 1.18 bits per heavy atom. The van der Waals surface area contributed by atoms with E-state index in [9.17, 15) is 8.78 Å². The summed E-state index contributed by atoms with van der Waals surface area (Å²) in [6, 6.07) is 4.33. The first-order valence-corrected chi connectivity index (χ1v) is 10.4. The van der Waals surface area contributed by atoms with Crippen LogP contribution in [0.3, 0.4) is 0 Å². The Kier molecular flexibility index (Phi) is 9.91. The predicted octanol–water partition coefficient (Wildman–Crippen LogP) is 3.90. The van der Waals surface area contributed by atoms with Crippen LogP contribution in [0.4, 0.5) is 8.78 Å². The maximum atomic E-state index is 13.8. The lowest BCUT2D eigenvalue weighted by atomic mass is 10.1. The van der Waals surface area contributed by atoms with Crippen LogP contribution in [0, 0.1) is 17.6 Å². The van der Waals surface area contributed by atoms with Gasteiger partial charge in [0.2, 0.25) is 0 Å². The maximum Gasteiger partial charge on any atom is 0.193 e. The Hall–Kier alpha value is -0.960. The van der Waals surface area contributed by atoms with Crippen molar-refractivity contribution in [3.05, 3.63) is 35.4 Å². The zero-order chi connectivity index (χ0) is 19.1. The molecule has 1 unspecified atom stereocenters. The number of benzene rings is 1. The van der Waals surface area contributed by atoms with Gasteiger partial charge in [-0.15, -0.1) is 24.0 Å². The molecule has 2 heterocycles. The number of aliphatic imine (C=N–C) groups is 1. The fraction of sp³-hybridized carbons (Fsp3) is 0.667. The van der Waals surface area contributed by atoms with Crippen molar-refractivity contribution in [2.45, 2.75) is 39.0 Å². The van der Waals surface area contributed by atoms with E-state index in [4.69, 9.17) is 0 Å². The lowest BCUT2D eigenvalue weighted by Crippen LogP contribution is -2.41. The molecule has 2 fully saturated rings. The molecule has 0 amide bonds. The quantitative estimate of drug-likeness (QED) is 0.361. The monoisotopic (exact) mass is 506 g/mol. The lowest BCUT2D eigenvalue weighted by molar-refractivity contribution is 0.198. The molecule has 1 aromatic carbocycles. The number of rotatable bonds is 6. The van der Waals surface area contributed by atoms with Crippen molar-refractivity contribution in [1.82, 2.24) is 15.1 Å². The van der Waals surface area contributed by atoms with E-state index >= 15 is 0 Å². The van der Waals surface area contributed by atoms with Crippen LogP contribution in [0.5, 0.6) is 0 Å². The van der Waals surface area contributed by atoms with Crippen LogP contribution < -0.4 is 5.32 Å². The molecule has 0 radical (unpaired) electrons. The number of halogens is 3. The zero-order valence-electron chi connectivity index (χ0n) is 16.8. The summed E-state index contributed by atoms with van der Waals surface area (Å²) in [5, 5.41) is 3.36. The minimum atomic E-state index is -0.788. The van der Waals surface area contributed by atoms with Gasteiger partial charge < -0.3 is 15.1 Å². The van der Waals surface area contributed by atoms with E-state index in [-0.39, 0.29) is 24.0 Å². The molecule has 2 aliphatic heterocycles. The highest BCUT2D eigenvalue weighted by molar-refractivity contribution is 14.0. The Bertz CT molecular complexity index is 635. The molecule has 158 valence electrons. The minimum Gasteiger partial charge on any atom is -0.357 e. The maximum absolute atomic E-state index is 13.8. The smallest absolute Gasteiger partial charge is 0.193 e. The van der Waals surface area contributed by atoms with Crippen LogP contribution in [0.15, 0.2) is 23.2 Å². The SMILES string of the molecule is CCNC(=NCCc1cccc(F)c1F)N1CCC(CN2CCCCC2)C1.I. The van der Waals surface area contributed by atoms with E-state index < -0.39 is 11.6 Å². The zero-order valence-corrected chi connectivity index (χ0v) is 19.1. The van der Waals surface area contributed by atoms with Gasteiger partial charge in [0, 0.05) is 32.7 Å². The number of guanidine groups is 1. The normalized spacial score (nSPS) is 20.9. The van der Waals surface area contributed by atoms with Crippen LogP contribution in [0.25, 0.3) is 0 Å². The van der Waals surface area contributed by atoms with Gasteiger partial charge in [-0.2, -0.15) is 0 Å². The van der Waals surface area contributed by atoms with Crippen LogP contribution in [-0.2, 0) is 6.42 Å². The third-order valence-electron chi connectivity index (χ3n) is 5.56. The van der Waals surface area contributed by atoms with E-state index in [1.807, 2.05) is 0 Å². The van der Waals surface area contributed by atoms with Crippen molar-refractivity contribution in [3.8, 4) is 0 Å². The first-order chi connectivity index (χ1) is 13.2. The number of hydrogen-bond donors (Lipinski definition) is 1. The molecule has 0 aromatic heterocycles. The largest absolute Gasteiger partial charge is 0.357 e. The minimum absolute atomic E-state index is 0. The van der Waals surface area contributed by atoms with Crippen molar-refractivity contribution in [2.24, 2.45) is 10.9 Å². The molecule has 7 heteroatoms.